The largest absolute Gasteiger partial charge is 0.456 e. The summed E-state index contributed by atoms with van der Waals surface area (Å²) >= 11 is 0. The molecule has 0 spiro atoms. The molecule has 7 heterocycles. The summed E-state index contributed by atoms with van der Waals surface area (Å²) in [5.41, 5.74) is 35.0. The summed E-state index contributed by atoms with van der Waals surface area (Å²) in [5, 5.41) is 8.99. The van der Waals surface area contributed by atoms with Gasteiger partial charge in [0.05, 0.1) is 0 Å². The third kappa shape index (κ3) is 13.8. The molecule has 0 radical (unpaired) electrons. The van der Waals surface area contributed by atoms with Crippen LogP contribution in [0.4, 0.5) is 0 Å². The van der Waals surface area contributed by atoms with E-state index in [2.05, 4.69) is 230 Å². The van der Waals surface area contributed by atoms with Crippen LogP contribution in [0, 0.1) is 0 Å². The molecule has 7 aromatic heterocycles. The fourth-order valence-electron chi connectivity index (χ4n) is 21.7. The highest BCUT2D eigenvalue weighted by Crippen LogP contribution is 2.58. The second-order valence-corrected chi connectivity index (χ2v) is 37.8. The van der Waals surface area contributed by atoms with E-state index in [4.69, 9.17) is 62.5 Å². The normalized spacial score (nSPS) is 13.3. The van der Waals surface area contributed by atoms with Crippen LogP contribution >= 0.6 is 0 Å². The van der Waals surface area contributed by atoms with Gasteiger partial charge in [0.2, 0.25) is 0 Å². The summed E-state index contributed by atoms with van der Waals surface area (Å²) in [4.78, 5) is 44.9. The molecule has 13 nitrogen and oxygen atoms in total. The highest BCUT2D eigenvalue weighted by atomic mass is 16.3. The second-order valence-electron chi connectivity index (χ2n) is 37.8. The van der Waals surface area contributed by atoms with E-state index in [1.165, 1.54) is 77.9 Å². The van der Waals surface area contributed by atoms with Crippen LogP contribution in [-0.4, -0.2) is 44.9 Å². The van der Waals surface area contributed by atoms with Crippen molar-refractivity contribution < 1.29 is 17.7 Å². The second kappa shape index (κ2) is 32.2. The van der Waals surface area contributed by atoms with Gasteiger partial charge in [-0.05, 0) is 174 Å². The lowest BCUT2D eigenvalue weighted by Crippen LogP contribution is -2.17. The van der Waals surface area contributed by atoms with Gasteiger partial charge in [-0.2, -0.15) is 0 Å². The molecule has 0 saturated heterocycles. The number of benzene rings is 18. The van der Waals surface area contributed by atoms with Crippen LogP contribution in [0.25, 0.3) is 246 Å². The first kappa shape index (κ1) is 81.9. The van der Waals surface area contributed by atoms with Crippen molar-refractivity contribution >= 4 is 87.8 Å². The van der Waals surface area contributed by atoms with Gasteiger partial charge in [-0.1, -0.05) is 363 Å². The SMILES string of the molecule is CC1(C)c2cc3oc4ccccc4c3cc2-c2cccc(-c3ccc(-c4nc(-c5ccccc5)nc(-c5ccccc5)n4)cc3)c21.CC1(C)c2cc3oc4ccccc4c3cc2-c2cccc(-c3cccc(-c4nc(-c5ccccc5)nc(-c5ccccc5)n4)c3)c21.CC1(C)c2cc3oc4ccccc4c3cc2-c2cccc(-c3nc(-c4ccccc4)nc(-c4ccc5oc6ccccc6c5c4)n3)c21. The summed E-state index contributed by atoms with van der Waals surface area (Å²) in [6.45, 7) is 13.9. The monoisotopic (exact) mass is 1790 g/mol. The van der Waals surface area contributed by atoms with Gasteiger partial charge in [-0.15, -0.1) is 0 Å². The Hall–Kier alpha value is -17.8. The summed E-state index contributed by atoms with van der Waals surface area (Å²) in [5.74, 6) is 5.84. The van der Waals surface area contributed by atoms with E-state index < -0.39 is 0 Å². The highest BCUT2D eigenvalue weighted by Gasteiger charge is 2.43. The van der Waals surface area contributed by atoms with Gasteiger partial charge in [0.15, 0.2) is 52.4 Å². The van der Waals surface area contributed by atoms with Gasteiger partial charge in [0, 0.05) is 109 Å². The predicted molar refractivity (Wildman–Crippen MR) is 561 cm³/mol. The van der Waals surface area contributed by atoms with E-state index in [0.717, 1.165) is 149 Å². The first-order chi connectivity index (χ1) is 68.1. The Labute approximate surface area is 800 Å². The maximum atomic E-state index is 6.33. The number of aromatic nitrogens is 9. The van der Waals surface area contributed by atoms with Gasteiger partial charge < -0.3 is 17.7 Å². The number of hydrogen-bond acceptors (Lipinski definition) is 13. The summed E-state index contributed by atoms with van der Waals surface area (Å²) in [7, 11) is 0. The molecule has 25 aromatic rings. The van der Waals surface area contributed by atoms with Crippen molar-refractivity contribution in [2.24, 2.45) is 0 Å². The number of hydrogen-bond donors (Lipinski definition) is 0. The zero-order valence-electron chi connectivity index (χ0n) is 76.8. The summed E-state index contributed by atoms with van der Waals surface area (Å²) in [6, 6.07) is 140. The minimum absolute atomic E-state index is 0.198. The van der Waals surface area contributed by atoms with Crippen molar-refractivity contribution in [3.8, 4) is 158 Å². The Morgan fingerprint density at radius 1 is 0.144 bits per heavy atom. The zero-order valence-corrected chi connectivity index (χ0v) is 76.8. The standard InChI is InChI=1S/C42H27N3O2.2C42H29N3O/c1-42(2)33-23-37-32(27-14-7-9-18-35(27)47-37)22-30(33)28-15-10-16-29(38(28)42)41-44-39(24-11-4-3-5-12-24)43-40(45-41)25-19-20-36-31(21-25)26-13-6-8-17-34(26)46-36;1-42(2)35-25-37-34(31-19-9-10-22-36(31)46-37)24-33(35)32-21-12-20-30(38(32)42)28-17-11-18-29(23-28)41-44-39(26-13-5-3-6-14-26)43-40(45-41)27-15-7-4-8-16-27;1-42(2)35-25-37-34(31-16-9-10-19-36(31)46-37)24-33(35)32-18-11-17-30(38(32)42)26-20-22-29(23-21-26)41-44-39(27-12-5-3-6-13-27)43-40(45-41)28-14-7-4-8-15-28/h3-23H,1-2H3;2*3-25H,1-2H3. The van der Waals surface area contributed by atoms with Crippen molar-refractivity contribution in [1.82, 2.24) is 44.9 Å². The minimum atomic E-state index is -0.317. The smallest absolute Gasteiger partial charge is 0.164 e. The van der Waals surface area contributed by atoms with E-state index in [9.17, 15) is 0 Å². The van der Waals surface area contributed by atoms with Crippen LogP contribution < -0.4 is 0 Å². The molecule has 0 amide bonds. The van der Waals surface area contributed by atoms with Gasteiger partial charge >= 0.3 is 0 Å². The van der Waals surface area contributed by atoms with Crippen molar-refractivity contribution in [3.63, 3.8) is 0 Å². The van der Waals surface area contributed by atoms with E-state index in [1.807, 2.05) is 218 Å². The van der Waals surface area contributed by atoms with Crippen LogP contribution in [0.3, 0.4) is 0 Å². The first-order valence-electron chi connectivity index (χ1n) is 47.1. The van der Waals surface area contributed by atoms with E-state index in [-0.39, 0.29) is 16.2 Å². The van der Waals surface area contributed by atoms with Gasteiger partial charge in [-0.25, -0.2) is 44.9 Å². The molecule has 139 heavy (non-hydrogen) atoms. The average molecular weight is 1790 g/mol. The topological polar surface area (TPSA) is 169 Å². The Morgan fingerprint density at radius 3 is 0.734 bits per heavy atom. The maximum absolute atomic E-state index is 6.33. The minimum Gasteiger partial charge on any atom is -0.456 e. The molecule has 0 bridgehead atoms. The molecule has 658 valence electrons. The van der Waals surface area contributed by atoms with Crippen molar-refractivity contribution in [2.45, 2.75) is 57.8 Å². The Balaban J connectivity index is 0.000000108. The van der Waals surface area contributed by atoms with Crippen molar-refractivity contribution in [3.05, 3.63) is 440 Å². The third-order valence-electron chi connectivity index (χ3n) is 28.3. The predicted octanol–water partition coefficient (Wildman–Crippen LogP) is 32.5. The van der Waals surface area contributed by atoms with Crippen LogP contribution in [0.2, 0.25) is 0 Å². The number of furan rings is 4. The molecule has 18 aromatic carbocycles. The van der Waals surface area contributed by atoms with E-state index >= 15 is 0 Å². The maximum Gasteiger partial charge on any atom is 0.164 e. The quantitative estimate of drug-likeness (QED) is 0.120. The number of rotatable bonds is 11. The van der Waals surface area contributed by atoms with Crippen LogP contribution in [-0.2, 0) is 16.2 Å². The third-order valence-corrected chi connectivity index (χ3v) is 28.3. The lowest BCUT2D eigenvalue weighted by molar-refractivity contribution is 0.648. The molecule has 0 atom stereocenters. The van der Waals surface area contributed by atoms with E-state index in [0.29, 0.717) is 52.4 Å². The van der Waals surface area contributed by atoms with Crippen molar-refractivity contribution in [1.29, 1.82) is 0 Å². The Bertz CT molecular complexity index is 9170. The molecule has 13 heteroatoms. The molecular formula is C126H85N9O4. The number of para-hydroxylation sites is 4. The summed E-state index contributed by atoms with van der Waals surface area (Å²) < 4.78 is 25.1. The first-order valence-corrected chi connectivity index (χ1v) is 47.1. The molecular weight excluding hydrogens is 1700 g/mol. The zero-order chi connectivity index (χ0) is 92.9. The van der Waals surface area contributed by atoms with Crippen LogP contribution in [0.5, 0.6) is 0 Å². The van der Waals surface area contributed by atoms with Crippen LogP contribution in [0.15, 0.2) is 424 Å². The molecule has 3 aliphatic carbocycles. The lowest BCUT2D eigenvalue weighted by Gasteiger charge is -2.24. The lowest BCUT2D eigenvalue weighted by atomic mass is 9.78. The fourth-order valence-corrected chi connectivity index (χ4v) is 21.7. The van der Waals surface area contributed by atoms with E-state index in [1.54, 1.807) is 0 Å². The molecule has 0 saturated carbocycles. The highest BCUT2D eigenvalue weighted by molar-refractivity contribution is 6.12. The van der Waals surface area contributed by atoms with Gasteiger partial charge in [0.25, 0.3) is 0 Å². The van der Waals surface area contributed by atoms with Crippen molar-refractivity contribution in [2.75, 3.05) is 0 Å². The average Bonchev–Trinajstić information content (AvgIpc) is 1.56. The number of fused-ring (bicyclic) bond motifs is 21. The Kier molecular flexibility index (Phi) is 19.0. The van der Waals surface area contributed by atoms with Gasteiger partial charge in [0.1, 0.15) is 44.7 Å². The molecule has 0 unspecified atom stereocenters. The molecule has 3 aliphatic rings. The molecule has 0 fully saturated rings. The summed E-state index contributed by atoms with van der Waals surface area (Å²) in [6.07, 6.45) is 0. The fraction of sp³-hybridized carbons (Fsp3) is 0.0714. The number of nitrogens with zero attached hydrogens (tertiary/aromatic N) is 9. The Morgan fingerprint density at radius 2 is 0.374 bits per heavy atom. The molecule has 0 N–H and O–H groups in total. The van der Waals surface area contributed by atoms with Crippen LogP contribution in [0.1, 0.15) is 74.9 Å². The molecule has 0 aliphatic heterocycles. The molecule has 28 rings (SSSR count). The van der Waals surface area contributed by atoms with Gasteiger partial charge in [-0.3, -0.25) is 0 Å².